The van der Waals surface area contributed by atoms with Crippen LogP contribution in [-0.4, -0.2) is 13.6 Å². The number of nitrogens with zero attached hydrogens (tertiary/aromatic N) is 1. The number of alkyl halides is 5. The van der Waals surface area contributed by atoms with E-state index in [-0.39, 0.29) is 27.9 Å². The highest BCUT2D eigenvalue weighted by molar-refractivity contribution is 7.89. The van der Waals surface area contributed by atoms with Crippen molar-refractivity contribution in [3.05, 3.63) is 59.1 Å². The Hall–Kier alpha value is -2.86. The second kappa shape index (κ2) is 7.43. The van der Waals surface area contributed by atoms with E-state index < -0.39 is 44.7 Å². The van der Waals surface area contributed by atoms with Crippen molar-refractivity contribution in [1.29, 1.82) is 0 Å². The molecule has 0 fully saturated rings. The van der Waals surface area contributed by atoms with Crippen LogP contribution in [0, 0.1) is 12.7 Å². The van der Waals surface area contributed by atoms with Crippen LogP contribution >= 0.6 is 0 Å². The summed E-state index contributed by atoms with van der Waals surface area (Å²) in [4.78, 5) is -0.853. The van der Waals surface area contributed by atoms with E-state index in [1.54, 1.807) is 0 Å². The molecule has 3 rings (SSSR count). The van der Waals surface area contributed by atoms with Gasteiger partial charge in [0, 0.05) is 5.56 Å². The van der Waals surface area contributed by atoms with E-state index in [1.165, 1.54) is 6.92 Å². The van der Waals surface area contributed by atoms with Gasteiger partial charge in [0.25, 0.3) is 6.43 Å². The average Bonchev–Trinajstić information content (AvgIpc) is 3.04. The minimum atomic E-state index is -4.62. The fourth-order valence-electron chi connectivity index (χ4n) is 2.94. The van der Waals surface area contributed by atoms with Crippen LogP contribution in [0.5, 0.6) is 0 Å². The maximum absolute atomic E-state index is 14.2. The molecular weight excluding hydrogens is 438 g/mol. The Bertz CT molecular complexity index is 1220. The van der Waals surface area contributed by atoms with Crippen LogP contribution in [0.15, 0.2) is 45.8 Å². The van der Waals surface area contributed by atoms with Gasteiger partial charge in [-0.25, -0.2) is 26.7 Å². The summed E-state index contributed by atoms with van der Waals surface area (Å²) in [5.41, 5.74) is -1.96. The van der Waals surface area contributed by atoms with Crippen LogP contribution in [0.2, 0.25) is 0 Å². The first-order valence-electron chi connectivity index (χ1n) is 8.09. The van der Waals surface area contributed by atoms with Crippen LogP contribution in [0.25, 0.3) is 22.4 Å². The van der Waals surface area contributed by atoms with Crippen molar-refractivity contribution < 1.29 is 39.3 Å². The number of hydrogen-bond acceptors (Lipinski definition) is 4. The third-order valence-corrected chi connectivity index (χ3v) is 5.19. The van der Waals surface area contributed by atoms with E-state index >= 15 is 0 Å². The van der Waals surface area contributed by atoms with Gasteiger partial charge in [-0.2, -0.15) is 13.2 Å². The highest BCUT2D eigenvalue weighted by atomic mass is 32.2. The van der Waals surface area contributed by atoms with Gasteiger partial charge in [0.1, 0.15) is 16.4 Å². The fraction of sp³-hybridized carbons (Fsp3) is 0.167. The van der Waals surface area contributed by atoms with Crippen LogP contribution in [-0.2, 0) is 16.2 Å². The molecular formula is C18H12F6N2O3S. The molecule has 0 unspecified atom stereocenters. The smallest absolute Gasteiger partial charge is 0.354 e. The minimum absolute atomic E-state index is 0.0158. The number of primary sulfonamides is 1. The zero-order valence-corrected chi connectivity index (χ0v) is 15.8. The normalized spacial score (nSPS) is 12.6. The number of sulfonamides is 1. The summed E-state index contributed by atoms with van der Waals surface area (Å²) in [6, 6.07) is 5.30. The average molecular weight is 450 g/mol. The van der Waals surface area contributed by atoms with Crippen molar-refractivity contribution in [3.63, 3.8) is 0 Å². The second-order valence-corrected chi connectivity index (χ2v) is 7.82. The van der Waals surface area contributed by atoms with Crippen LogP contribution < -0.4 is 5.14 Å². The zero-order chi connectivity index (χ0) is 22.4. The summed E-state index contributed by atoms with van der Waals surface area (Å²) in [5, 5.41) is 8.40. The van der Waals surface area contributed by atoms with Crippen molar-refractivity contribution in [2.45, 2.75) is 24.4 Å². The second-order valence-electron chi connectivity index (χ2n) is 6.29. The summed E-state index contributed by atoms with van der Waals surface area (Å²) in [5.74, 6) is -2.25. The molecule has 3 aromatic rings. The molecule has 5 nitrogen and oxygen atoms in total. The Morgan fingerprint density at radius 3 is 2.20 bits per heavy atom. The van der Waals surface area contributed by atoms with Gasteiger partial charge in [0.2, 0.25) is 15.8 Å². The summed E-state index contributed by atoms with van der Waals surface area (Å²) in [6.07, 6.45) is -7.80. The summed E-state index contributed by atoms with van der Waals surface area (Å²) in [7, 11) is -4.40. The molecule has 1 aromatic heterocycles. The Morgan fingerprint density at radius 2 is 1.70 bits per heavy atom. The molecule has 0 spiro atoms. The van der Waals surface area contributed by atoms with E-state index in [1.807, 2.05) is 0 Å². The molecule has 160 valence electrons. The molecule has 30 heavy (non-hydrogen) atoms. The van der Waals surface area contributed by atoms with E-state index in [0.29, 0.717) is 6.07 Å². The molecule has 12 heteroatoms. The minimum Gasteiger partial charge on any atom is -0.354 e. The predicted molar refractivity (Wildman–Crippen MR) is 93.4 cm³/mol. The number of aryl methyl sites for hydroxylation is 1. The van der Waals surface area contributed by atoms with Crippen molar-refractivity contribution >= 4 is 10.0 Å². The Morgan fingerprint density at radius 1 is 1.07 bits per heavy atom. The largest absolute Gasteiger partial charge is 0.416 e. The predicted octanol–water partition coefficient (Wildman–Crippen LogP) is 5.06. The van der Waals surface area contributed by atoms with Gasteiger partial charge in [0.05, 0.1) is 11.1 Å². The molecule has 0 aliphatic carbocycles. The zero-order valence-electron chi connectivity index (χ0n) is 15.0. The number of aromatic nitrogens is 1. The third kappa shape index (κ3) is 4.05. The highest BCUT2D eigenvalue weighted by Gasteiger charge is 2.33. The van der Waals surface area contributed by atoms with Gasteiger partial charge < -0.3 is 4.52 Å². The molecule has 2 N–H and O–H groups in total. The maximum Gasteiger partial charge on any atom is 0.416 e. The molecule has 0 aliphatic heterocycles. The number of benzene rings is 2. The van der Waals surface area contributed by atoms with Gasteiger partial charge in [-0.3, -0.25) is 0 Å². The van der Waals surface area contributed by atoms with Crippen molar-refractivity contribution in [2.75, 3.05) is 0 Å². The molecule has 0 saturated carbocycles. The van der Waals surface area contributed by atoms with E-state index in [9.17, 15) is 34.8 Å². The Balaban J connectivity index is 2.21. The number of nitrogens with two attached hydrogens (primary N) is 1. The van der Waals surface area contributed by atoms with Crippen LogP contribution in [0.3, 0.4) is 0 Å². The molecule has 0 bridgehead atoms. The van der Waals surface area contributed by atoms with Gasteiger partial charge in [-0.15, -0.1) is 0 Å². The molecule has 2 aromatic carbocycles. The van der Waals surface area contributed by atoms with E-state index in [2.05, 4.69) is 9.68 Å². The molecule has 0 aliphatic rings. The Kier molecular flexibility index (Phi) is 5.41. The Labute approximate surface area is 166 Å². The standard InChI is InChI=1S/C18H12F6N2O3S/c1-8-6-10(2-4-11(8)18(22,23)24)15-14(16(17(20)21)29-26-15)9-3-5-13(12(19)7-9)30(25,27)28/h2-7,17H,1H3,(H2,25,27,28). The van der Waals surface area contributed by atoms with Gasteiger partial charge in [-0.05, 0) is 42.3 Å². The van der Waals surface area contributed by atoms with Crippen molar-refractivity contribution in [1.82, 2.24) is 5.16 Å². The molecule has 0 saturated heterocycles. The summed E-state index contributed by atoms with van der Waals surface area (Å²) < 4.78 is 107. The quantitative estimate of drug-likeness (QED) is 0.563. The molecule has 1 heterocycles. The SMILES string of the molecule is Cc1cc(-c2noc(C(F)F)c2-c2ccc(S(N)(=O)=O)c(F)c2)ccc1C(F)(F)F. The fourth-order valence-corrected chi connectivity index (χ4v) is 3.53. The monoisotopic (exact) mass is 450 g/mol. The van der Waals surface area contributed by atoms with Gasteiger partial charge in [-0.1, -0.05) is 17.3 Å². The number of hydrogen-bond donors (Lipinski definition) is 1. The van der Waals surface area contributed by atoms with Crippen molar-refractivity contribution in [3.8, 4) is 22.4 Å². The summed E-state index contributed by atoms with van der Waals surface area (Å²) in [6.45, 7) is 1.18. The maximum atomic E-state index is 14.2. The lowest BCUT2D eigenvalue weighted by Crippen LogP contribution is -2.14. The highest BCUT2D eigenvalue weighted by Crippen LogP contribution is 2.41. The first-order chi connectivity index (χ1) is 13.8. The van der Waals surface area contributed by atoms with E-state index in [0.717, 1.165) is 30.3 Å². The molecule has 0 atom stereocenters. The molecule has 0 radical (unpaired) electrons. The molecule has 0 amide bonds. The van der Waals surface area contributed by atoms with Crippen molar-refractivity contribution in [2.24, 2.45) is 5.14 Å². The topological polar surface area (TPSA) is 86.2 Å². The van der Waals surface area contributed by atoms with Crippen LogP contribution in [0.4, 0.5) is 26.3 Å². The lowest BCUT2D eigenvalue weighted by molar-refractivity contribution is -0.138. The number of halogens is 6. The first kappa shape index (κ1) is 21.8. The lowest BCUT2D eigenvalue weighted by Gasteiger charge is -2.12. The van der Waals surface area contributed by atoms with E-state index in [4.69, 9.17) is 5.14 Å². The first-order valence-corrected chi connectivity index (χ1v) is 9.64. The third-order valence-electron chi connectivity index (χ3n) is 4.25. The van der Waals surface area contributed by atoms with Crippen LogP contribution in [0.1, 0.15) is 23.3 Å². The lowest BCUT2D eigenvalue weighted by atomic mass is 9.96. The van der Waals surface area contributed by atoms with Gasteiger partial charge >= 0.3 is 6.18 Å². The number of rotatable bonds is 4. The van der Waals surface area contributed by atoms with Gasteiger partial charge in [0.15, 0.2) is 0 Å². The summed E-state index contributed by atoms with van der Waals surface area (Å²) >= 11 is 0.